The molecule has 2 amide bonds. The second-order valence-corrected chi connectivity index (χ2v) is 12.3. The lowest BCUT2D eigenvalue weighted by atomic mass is 9.95. The molecule has 4 aliphatic rings. The number of methoxy groups -OCH3 is 1. The van der Waals surface area contributed by atoms with Crippen LogP contribution in [0.5, 0.6) is 11.5 Å². The van der Waals surface area contributed by atoms with Gasteiger partial charge in [0, 0.05) is 32.1 Å². The van der Waals surface area contributed by atoms with Crippen LogP contribution in [0.15, 0.2) is 42.5 Å². The van der Waals surface area contributed by atoms with E-state index >= 15 is 0 Å². The summed E-state index contributed by atoms with van der Waals surface area (Å²) in [4.78, 5) is 29.3. The number of nitrogens with one attached hydrogen (secondary N) is 2. The van der Waals surface area contributed by atoms with Crippen molar-refractivity contribution in [1.29, 1.82) is 0 Å². The Labute approximate surface area is 247 Å². The summed E-state index contributed by atoms with van der Waals surface area (Å²) >= 11 is 0. The van der Waals surface area contributed by atoms with Crippen molar-refractivity contribution >= 4 is 11.8 Å². The van der Waals surface area contributed by atoms with E-state index in [0.29, 0.717) is 56.2 Å². The maximum Gasteiger partial charge on any atom is 0.255 e. The molecule has 3 N–H and O–H groups in total. The molecule has 5 atom stereocenters. The molecule has 2 saturated heterocycles. The Balaban J connectivity index is 1.27. The first kappa shape index (κ1) is 29.0. The lowest BCUT2D eigenvalue weighted by molar-refractivity contribution is -0.133. The van der Waals surface area contributed by atoms with Gasteiger partial charge in [0.05, 0.1) is 37.5 Å². The molecule has 1 saturated carbocycles. The predicted octanol–water partition coefficient (Wildman–Crippen LogP) is 3.53. The van der Waals surface area contributed by atoms with Crippen molar-refractivity contribution in [2.75, 3.05) is 26.8 Å². The van der Waals surface area contributed by atoms with Crippen LogP contribution in [0.25, 0.3) is 0 Å². The molecule has 226 valence electrons. The normalized spacial score (nSPS) is 29.3. The molecule has 0 aromatic heterocycles. The number of carbonyl (C=O) groups excluding carboxylic acids is 2. The van der Waals surface area contributed by atoms with E-state index in [4.69, 9.17) is 14.2 Å². The molecule has 4 bridgehead atoms. The first-order valence-corrected chi connectivity index (χ1v) is 15.5. The second-order valence-electron chi connectivity index (χ2n) is 12.3. The van der Waals surface area contributed by atoms with Crippen molar-refractivity contribution in [1.82, 2.24) is 15.5 Å². The van der Waals surface area contributed by atoms with Crippen LogP contribution in [-0.4, -0.2) is 79.0 Å². The highest BCUT2D eigenvalue weighted by molar-refractivity contribution is 5.97. The number of rotatable bonds is 4. The number of likely N-dealkylation sites (tertiary alicyclic amines) is 1. The van der Waals surface area contributed by atoms with E-state index in [9.17, 15) is 14.7 Å². The first-order valence-electron chi connectivity index (χ1n) is 15.5. The van der Waals surface area contributed by atoms with Gasteiger partial charge in [-0.25, -0.2) is 0 Å². The molecule has 42 heavy (non-hydrogen) atoms. The van der Waals surface area contributed by atoms with Gasteiger partial charge in [0.2, 0.25) is 5.91 Å². The molecule has 6 rings (SSSR count). The molecule has 3 heterocycles. The third kappa shape index (κ3) is 6.58. The molecule has 2 aromatic rings. The Bertz CT molecular complexity index is 1260. The highest BCUT2D eigenvalue weighted by Gasteiger charge is 2.39. The van der Waals surface area contributed by atoms with E-state index in [1.54, 1.807) is 7.11 Å². The molecule has 1 aliphatic carbocycles. The molecule has 9 heteroatoms. The third-order valence-electron chi connectivity index (χ3n) is 9.39. The van der Waals surface area contributed by atoms with Gasteiger partial charge >= 0.3 is 0 Å². The minimum Gasteiger partial charge on any atom is -0.497 e. The highest BCUT2D eigenvalue weighted by Crippen LogP contribution is 2.37. The summed E-state index contributed by atoms with van der Waals surface area (Å²) in [6, 6.07) is 13.2. The molecular formula is C33H43N3O6. The van der Waals surface area contributed by atoms with Crippen LogP contribution in [0.1, 0.15) is 78.8 Å². The van der Waals surface area contributed by atoms with Crippen molar-refractivity contribution in [3.8, 4) is 11.5 Å². The van der Waals surface area contributed by atoms with Gasteiger partial charge in [-0.2, -0.15) is 0 Å². The van der Waals surface area contributed by atoms with Crippen LogP contribution < -0.4 is 20.1 Å². The molecule has 0 radical (unpaired) electrons. The number of aliphatic hydroxyl groups is 1. The summed E-state index contributed by atoms with van der Waals surface area (Å²) < 4.78 is 17.9. The van der Waals surface area contributed by atoms with Crippen molar-refractivity contribution in [3.05, 3.63) is 59.2 Å². The van der Waals surface area contributed by atoms with Crippen LogP contribution in [-0.2, 0) is 16.1 Å². The summed E-state index contributed by atoms with van der Waals surface area (Å²) in [6.45, 7) is 1.72. The Hall–Kier alpha value is -3.14. The molecular weight excluding hydrogens is 534 g/mol. The third-order valence-corrected chi connectivity index (χ3v) is 9.39. The van der Waals surface area contributed by atoms with E-state index in [-0.39, 0.29) is 30.5 Å². The van der Waals surface area contributed by atoms with E-state index < -0.39 is 18.2 Å². The fraction of sp³-hybridized carbons (Fsp3) is 0.576. The zero-order valence-electron chi connectivity index (χ0n) is 24.4. The fourth-order valence-electron chi connectivity index (χ4n) is 7.05. The van der Waals surface area contributed by atoms with Crippen LogP contribution in [0.4, 0.5) is 0 Å². The van der Waals surface area contributed by atoms with Crippen molar-refractivity contribution in [3.63, 3.8) is 0 Å². The van der Waals surface area contributed by atoms with Crippen LogP contribution >= 0.6 is 0 Å². The monoisotopic (exact) mass is 577 g/mol. The number of ether oxygens (including phenoxy) is 3. The largest absolute Gasteiger partial charge is 0.497 e. The minimum atomic E-state index is -0.625. The molecule has 2 aromatic carbocycles. The van der Waals surface area contributed by atoms with E-state index in [0.717, 1.165) is 17.7 Å². The van der Waals surface area contributed by atoms with Gasteiger partial charge in [-0.1, -0.05) is 31.0 Å². The Morgan fingerprint density at radius 3 is 2.74 bits per heavy atom. The van der Waals surface area contributed by atoms with Crippen LogP contribution in [0.3, 0.4) is 0 Å². The Morgan fingerprint density at radius 1 is 1.05 bits per heavy atom. The number of hydrogen-bond donors (Lipinski definition) is 3. The van der Waals surface area contributed by atoms with Gasteiger partial charge in [0.1, 0.15) is 17.6 Å². The van der Waals surface area contributed by atoms with Crippen molar-refractivity contribution in [2.24, 2.45) is 0 Å². The molecule has 0 spiro atoms. The first-order chi connectivity index (χ1) is 20.5. The van der Waals surface area contributed by atoms with Crippen LogP contribution in [0, 0.1) is 0 Å². The van der Waals surface area contributed by atoms with Gasteiger partial charge in [0.15, 0.2) is 0 Å². The summed E-state index contributed by atoms with van der Waals surface area (Å²) in [5.41, 5.74) is 2.78. The SMILES string of the molecule is COc1cccc(CN2C[C@@H]3C[C@H]2C(=O)NC[C@H]2O[C@H](CCOc4cc(C5CCCC5)ccc4C(=O)N3)CC[C@@H]2O)c1. The topological polar surface area (TPSA) is 109 Å². The van der Waals surface area contributed by atoms with E-state index in [1.165, 1.54) is 31.2 Å². The Morgan fingerprint density at radius 2 is 1.90 bits per heavy atom. The van der Waals surface area contributed by atoms with E-state index in [2.05, 4.69) is 27.7 Å². The Kier molecular flexibility index (Phi) is 8.97. The molecule has 0 unspecified atom stereocenters. The molecule has 9 nitrogen and oxygen atoms in total. The number of hydrogen-bond acceptors (Lipinski definition) is 7. The molecule has 3 fully saturated rings. The standard InChI is InChI=1S/C33H43N3O6/c1-40-26-8-4-5-21(15-26)19-36-20-24-17-28(36)33(39)34-18-31-29(37)12-10-25(42-31)13-14-41-30-16-23(22-6-2-3-7-22)9-11-27(30)32(38)35-24/h4-5,8-9,11,15-16,22,24-25,28-29,31,37H,2-3,6-7,10,12-14,17-20H2,1H3,(H,34,39)(H,35,38)/t24-,25-,28-,29-,31+/m0/s1. The number of nitrogens with zero attached hydrogens (tertiary/aromatic N) is 1. The maximum atomic E-state index is 13.7. The van der Waals surface area contributed by atoms with Gasteiger partial charge in [0.25, 0.3) is 5.91 Å². The number of aliphatic hydroxyl groups excluding tert-OH is 1. The average molecular weight is 578 g/mol. The number of fused-ring (bicyclic) bond motifs is 5. The van der Waals surface area contributed by atoms with Gasteiger partial charge in [-0.15, -0.1) is 0 Å². The predicted molar refractivity (Wildman–Crippen MR) is 158 cm³/mol. The number of amides is 2. The maximum absolute atomic E-state index is 13.7. The van der Waals surface area contributed by atoms with Gasteiger partial charge in [-0.3, -0.25) is 14.5 Å². The minimum absolute atomic E-state index is 0.0843. The lowest BCUT2D eigenvalue weighted by Gasteiger charge is -2.34. The smallest absolute Gasteiger partial charge is 0.255 e. The number of carbonyl (C=O) groups is 2. The van der Waals surface area contributed by atoms with Crippen molar-refractivity contribution in [2.45, 2.75) is 94.2 Å². The fourth-order valence-corrected chi connectivity index (χ4v) is 7.05. The summed E-state index contributed by atoms with van der Waals surface area (Å²) in [5.74, 6) is 1.57. The van der Waals surface area contributed by atoms with Gasteiger partial charge in [-0.05, 0) is 73.4 Å². The summed E-state index contributed by atoms with van der Waals surface area (Å²) in [6.07, 6.45) is 6.09. The number of benzene rings is 2. The quantitative estimate of drug-likeness (QED) is 0.510. The zero-order chi connectivity index (χ0) is 29.1. The zero-order valence-corrected chi connectivity index (χ0v) is 24.4. The summed E-state index contributed by atoms with van der Waals surface area (Å²) in [7, 11) is 1.64. The van der Waals surface area contributed by atoms with E-state index in [1.807, 2.05) is 30.3 Å². The summed E-state index contributed by atoms with van der Waals surface area (Å²) in [5, 5.41) is 16.9. The van der Waals surface area contributed by atoms with Crippen molar-refractivity contribution < 1.29 is 28.9 Å². The molecule has 3 aliphatic heterocycles. The highest BCUT2D eigenvalue weighted by atomic mass is 16.5. The lowest BCUT2D eigenvalue weighted by Crippen LogP contribution is -2.50. The van der Waals surface area contributed by atoms with Gasteiger partial charge < -0.3 is 30.0 Å². The second kappa shape index (κ2) is 13.0. The average Bonchev–Trinajstić information content (AvgIpc) is 3.67. The van der Waals surface area contributed by atoms with Crippen LogP contribution in [0.2, 0.25) is 0 Å².